The van der Waals surface area contributed by atoms with Gasteiger partial charge in [-0.3, -0.25) is 14.7 Å². The zero-order valence-corrected chi connectivity index (χ0v) is 22.1. The van der Waals surface area contributed by atoms with Crippen LogP contribution in [0.4, 0.5) is 17.6 Å². The number of benzene rings is 1. The van der Waals surface area contributed by atoms with Crippen molar-refractivity contribution in [1.29, 1.82) is 0 Å². The maximum absolute atomic E-state index is 15.3. The lowest BCUT2D eigenvalue weighted by Crippen LogP contribution is -2.62. The third kappa shape index (κ3) is 4.28. The Bertz CT molecular complexity index is 1510. The van der Waals surface area contributed by atoms with Crippen LogP contribution in [-0.4, -0.2) is 81.2 Å². The van der Waals surface area contributed by atoms with Crippen molar-refractivity contribution in [3.8, 4) is 5.88 Å². The molecule has 40 heavy (non-hydrogen) atoms. The zero-order chi connectivity index (χ0) is 28.6. The number of hydrogen-bond donors (Lipinski definition) is 1. The Morgan fingerprint density at radius 2 is 1.82 bits per heavy atom. The second-order valence-electron chi connectivity index (χ2n) is 10.3. The van der Waals surface area contributed by atoms with Crippen LogP contribution in [0, 0.1) is 11.3 Å². The summed E-state index contributed by atoms with van der Waals surface area (Å²) < 4.78 is 68.1. The molecule has 2 amide bonds. The number of aromatic nitrogens is 4. The number of carbonyl (C=O) groups excluding carboxylic acids is 2. The predicted molar refractivity (Wildman–Crippen MR) is 130 cm³/mol. The van der Waals surface area contributed by atoms with Gasteiger partial charge in [-0.2, -0.15) is 8.78 Å². The molecule has 2 atom stereocenters. The molecular weight excluding hydrogens is 583 g/mol. The average Bonchev–Trinajstić information content (AvgIpc) is 3.40. The van der Waals surface area contributed by atoms with E-state index in [1.54, 1.807) is 0 Å². The van der Waals surface area contributed by atoms with Crippen LogP contribution in [-0.2, 0) is 10.7 Å². The molecule has 10 nitrogen and oxygen atoms in total. The van der Waals surface area contributed by atoms with E-state index >= 15 is 8.78 Å². The van der Waals surface area contributed by atoms with E-state index in [1.165, 1.54) is 29.0 Å². The van der Waals surface area contributed by atoms with Crippen molar-refractivity contribution >= 4 is 35.0 Å². The molecule has 6 rings (SSSR count). The van der Waals surface area contributed by atoms with Gasteiger partial charge in [0, 0.05) is 49.6 Å². The summed E-state index contributed by atoms with van der Waals surface area (Å²) in [4.78, 5) is 28.5. The van der Waals surface area contributed by atoms with Crippen LogP contribution in [0.2, 0.25) is 10.0 Å². The van der Waals surface area contributed by atoms with E-state index in [9.17, 15) is 18.4 Å². The van der Waals surface area contributed by atoms with Crippen molar-refractivity contribution in [1.82, 2.24) is 30.2 Å². The normalized spacial score (nSPS) is 22.9. The lowest BCUT2D eigenvalue weighted by molar-refractivity contribution is -0.147. The molecular formula is C24H20Cl2F4N6O4. The molecule has 2 saturated heterocycles. The highest BCUT2D eigenvalue weighted by Crippen LogP contribution is 2.54. The van der Waals surface area contributed by atoms with Crippen LogP contribution in [0.15, 0.2) is 28.7 Å². The number of carbonyl (C=O) groups is 2. The second-order valence-corrected chi connectivity index (χ2v) is 11.1. The van der Waals surface area contributed by atoms with Gasteiger partial charge in [-0.05, 0) is 12.1 Å². The Morgan fingerprint density at radius 1 is 1.12 bits per heavy atom. The van der Waals surface area contributed by atoms with Crippen molar-refractivity contribution in [3.05, 3.63) is 57.3 Å². The van der Waals surface area contributed by atoms with Gasteiger partial charge in [0.25, 0.3) is 17.7 Å². The number of nitrogens with zero attached hydrogens (tertiary/aromatic N) is 5. The lowest BCUT2D eigenvalue weighted by atomic mass is 9.71. The number of alkyl halides is 4. The maximum Gasteiger partial charge on any atom is 0.349 e. The summed E-state index contributed by atoms with van der Waals surface area (Å²) in [6, 6.07) is 4.69. The fraction of sp³-hybridized carbons (Fsp3) is 0.458. The minimum atomic E-state index is -3.72. The molecule has 2 aromatic heterocycles. The first-order valence-electron chi connectivity index (χ1n) is 12.1. The fourth-order valence-corrected chi connectivity index (χ4v) is 5.66. The zero-order valence-electron chi connectivity index (χ0n) is 20.6. The molecule has 0 bridgehead atoms. The summed E-state index contributed by atoms with van der Waals surface area (Å²) in [6.07, 6.45) is -0.512. The topological polar surface area (TPSA) is 117 Å². The number of H-pyrrole nitrogens is 1. The van der Waals surface area contributed by atoms with Crippen molar-refractivity contribution in [2.75, 3.05) is 33.3 Å². The van der Waals surface area contributed by atoms with Gasteiger partial charge < -0.3 is 19.0 Å². The number of rotatable bonds is 6. The smallest absolute Gasteiger partial charge is 0.349 e. The minimum absolute atomic E-state index is 0.0121. The van der Waals surface area contributed by atoms with Crippen LogP contribution in [0.1, 0.15) is 40.2 Å². The lowest BCUT2D eigenvalue weighted by Gasteiger charge is -2.50. The highest BCUT2D eigenvalue weighted by molar-refractivity contribution is 6.42. The highest BCUT2D eigenvalue weighted by Gasteiger charge is 2.66. The molecule has 3 aromatic rings. The van der Waals surface area contributed by atoms with Gasteiger partial charge in [-0.25, -0.2) is 8.78 Å². The Morgan fingerprint density at radius 3 is 2.45 bits per heavy atom. The number of halogens is 6. The van der Waals surface area contributed by atoms with Crippen LogP contribution < -0.4 is 4.74 Å². The second kappa shape index (κ2) is 9.06. The number of aromatic amines is 1. The molecule has 3 aliphatic rings. The fourth-order valence-electron chi connectivity index (χ4n) is 5.36. The molecule has 4 heterocycles. The molecule has 1 N–H and O–H groups in total. The van der Waals surface area contributed by atoms with E-state index in [1.807, 2.05) is 0 Å². The number of nitrogens with one attached hydrogen (secondary N) is 1. The molecule has 1 saturated carbocycles. The molecule has 1 aliphatic carbocycles. The van der Waals surface area contributed by atoms with Gasteiger partial charge in [-0.15, -0.1) is 15.3 Å². The number of hydrogen-bond acceptors (Lipinski definition) is 7. The van der Waals surface area contributed by atoms with Gasteiger partial charge >= 0.3 is 5.92 Å². The monoisotopic (exact) mass is 602 g/mol. The SMILES string of the molecule is COc1cc(C(=O)N2CC(c3nnc(C(F)(F)c4ccc(Cl)c(Cl)c4)o3)C3(C2)CN(C(=O)[C@H]2CC2(F)F)C3)[nH]n1. The van der Waals surface area contributed by atoms with Gasteiger partial charge in [0.15, 0.2) is 0 Å². The summed E-state index contributed by atoms with van der Waals surface area (Å²) in [7, 11) is 1.38. The van der Waals surface area contributed by atoms with Crippen molar-refractivity contribution in [2.24, 2.45) is 11.3 Å². The number of methoxy groups -OCH3 is 1. The quantitative estimate of drug-likeness (QED) is 0.424. The third-order valence-electron chi connectivity index (χ3n) is 7.67. The number of ether oxygens (including phenoxy) is 1. The van der Waals surface area contributed by atoms with E-state index in [4.69, 9.17) is 32.4 Å². The summed E-state index contributed by atoms with van der Waals surface area (Å²) in [5, 5.41) is 13.9. The van der Waals surface area contributed by atoms with E-state index in [2.05, 4.69) is 20.4 Å². The van der Waals surface area contributed by atoms with Gasteiger partial charge in [0.1, 0.15) is 11.6 Å². The summed E-state index contributed by atoms with van der Waals surface area (Å²) in [6.45, 7) is 0.103. The highest BCUT2D eigenvalue weighted by atomic mass is 35.5. The van der Waals surface area contributed by atoms with Gasteiger partial charge in [0.2, 0.25) is 17.7 Å². The van der Waals surface area contributed by atoms with E-state index < -0.39 is 58.8 Å². The maximum atomic E-state index is 15.3. The van der Waals surface area contributed by atoms with Gasteiger partial charge in [0.05, 0.1) is 23.1 Å². The van der Waals surface area contributed by atoms with Crippen LogP contribution in [0.25, 0.3) is 0 Å². The summed E-state index contributed by atoms with van der Waals surface area (Å²) in [5.41, 5.74) is -1.27. The van der Waals surface area contributed by atoms with Gasteiger partial charge in [-0.1, -0.05) is 29.3 Å². The molecule has 212 valence electrons. The molecule has 3 fully saturated rings. The number of amides is 2. The summed E-state index contributed by atoms with van der Waals surface area (Å²) >= 11 is 11.8. The van der Waals surface area contributed by atoms with Crippen LogP contribution in [0.3, 0.4) is 0 Å². The average molecular weight is 603 g/mol. The van der Waals surface area contributed by atoms with Crippen LogP contribution in [0.5, 0.6) is 5.88 Å². The van der Waals surface area contributed by atoms with E-state index in [0.717, 1.165) is 12.1 Å². The van der Waals surface area contributed by atoms with Crippen molar-refractivity contribution < 1.29 is 36.3 Å². The van der Waals surface area contributed by atoms with Crippen molar-refractivity contribution in [3.63, 3.8) is 0 Å². The molecule has 16 heteroatoms. The first-order valence-corrected chi connectivity index (χ1v) is 12.8. The summed E-state index contributed by atoms with van der Waals surface area (Å²) in [5.74, 6) is -11.0. The largest absolute Gasteiger partial charge is 0.480 e. The molecule has 0 radical (unpaired) electrons. The third-order valence-corrected chi connectivity index (χ3v) is 8.40. The first kappa shape index (κ1) is 26.8. The Kier molecular flexibility index (Phi) is 6.07. The molecule has 2 aliphatic heterocycles. The standard InChI is InChI=1S/C24H20Cl2F4N6O4/c1-39-17-5-16(31-32-17)20(38)35-7-13(22(8-35)9-36(10-22)19(37)12-6-23(12,27)28)18-33-34-21(40-18)24(29,30)11-2-3-14(25)15(26)4-11/h2-5,12-13H,6-10H2,1H3,(H,31,32)/t12-,13?/m1/s1. The Balaban J connectivity index is 1.28. The van der Waals surface area contributed by atoms with E-state index in [0.29, 0.717) is 0 Å². The Hall–Kier alpha value is -3.39. The van der Waals surface area contributed by atoms with Crippen molar-refractivity contribution in [2.45, 2.75) is 24.2 Å². The first-order chi connectivity index (χ1) is 18.8. The predicted octanol–water partition coefficient (Wildman–Crippen LogP) is 3.97. The van der Waals surface area contributed by atoms with Crippen LogP contribution >= 0.6 is 23.2 Å². The number of likely N-dealkylation sites (tertiary alicyclic amines) is 2. The Labute approximate surface area is 233 Å². The molecule has 1 spiro atoms. The molecule has 1 aromatic carbocycles. The molecule has 1 unspecified atom stereocenters. The minimum Gasteiger partial charge on any atom is -0.480 e. The van der Waals surface area contributed by atoms with E-state index in [-0.39, 0.29) is 53.7 Å².